The van der Waals surface area contributed by atoms with Crippen LogP contribution in [0.2, 0.25) is 0 Å². The van der Waals surface area contributed by atoms with Crippen LogP contribution in [0.1, 0.15) is 12.5 Å². The maximum absolute atomic E-state index is 12.3. The summed E-state index contributed by atoms with van der Waals surface area (Å²) in [5.74, 6) is -0.0352. The smallest absolute Gasteiger partial charge is 0.422 e. The molecule has 1 atom stereocenters. The Hall–Kier alpha value is -2.77. The van der Waals surface area contributed by atoms with Crippen LogP contribution in [-0.2, 0) is 11.3 Å². The van der Waals surface area contributed by atoms with E-state index in [0.717, 1.165) is 0 Å². The topological polar surface area (TPSA) is 60.5 Å². The molecule has 8 heteroatoms. The molecule has 0 radical (unpaired) electrons. The second-order valence-electron chi connectivity index (χ2n) is 5.16. The summed E-state index contributed by atoms with van der Waals surface area (Å²) >= 11 is 0. The van der Waals surface area contributed by atoms with Gasteiger partial charge in [0, 0.05) is 18.3 Å². The molecular formula is C17H17F3N2O3. The van der Waals surface area contributed by atoms with Crippen molar-refractivity contribution in [3.63, 3.8) is 0 Å². The van der Waals surface area contributed by atoms with Crippen molar-refractivity contribution < 1.29 is 27.4 Å². The van der Waals surface area contributed by atoms with Crippen LogP contribution < -0.4 is 14.8 Å². The third-order valence-corrected chi connectivity index (χ3v) is 3.10. The lowest BCUT2D eigenvalue weighted by Gasteiger charge is -2.16. The van der Waals surface area contributed by atoms with Crippen LogP contribution in [0.5, 0.6) is 11.6 Å². The average molecular weight is 354 g/mol. The highest BCUT2D eigenvalue weighted by Crippen LogP contribution is 2.20. The maximum atomic E-state index is 12.3. The second kappa shape index (κ2) is 8.36. The Balaban J connectivity index is 1.91. The van der Waals surface area contributed by atoms with Gasteiger partial charge in [0.1, 0.15) is 5.75 Å². The van der Waals surface area contributed by atoms with Crippen molar-refractivity contribution in [3.05, 3.63) is 54.2 Å². The number of nitrogens with one attached hydrogen (secondary N) is 1. The Labute approximate surface area is 142 Å². The lowest BCUT2D eigenvalue weighted by molar-refractivity contribution is -0.154. The van der Waals surface area contributed by atoms with Gasteiger partial charge in [-0.15, -0.1) is 0 Å². The molecule has 0 bridgehead atoms. The van der Waals surface area contributed by atoms with Crippen LogP contribution in [0, 0.1) is 0 Å². The van der Waals surface area contributed by atoms with E-state index in [2.05, 4.69) is 15.0 Å². The molecule has 0 saturated carbocycles. The van der Waals surface area contributed by atoms with Crippen molar-refractivity contribution in [3.8, 4) is 11.6 Å². The minimum absolute atomic E-state index is 0.0254. The SMILES string of the molecule is CC(Oc1ccccc1)C(=O)NCc1cccnc1OCC(F)(F)F. The van der Waals surface area contributed by atoms with Crippen LogP contribution >= 0.6 is 0 Å². The molecule has 1 heterocycles. The predicted molar refractivity (Wildman–Crippen MR) is 84.2 cm³/mol. The van der Waals surface area contributed by atoms with Gasteiger partial charge in [0.25, 0.3) is 5.91 Å². The fourth-order valence-corrected chi connectivity index (χ4v) is 1.92. The number of aromatic nitrogens is 1. The molecule has 0 saturated heterocycles. The van der Waals surface area contributed by atoms with E-state index in [9.17, 15) is 18.0 Å². The first-order chi connectivity index (χ1) is 11.8. The highest BCUT2D eigenvalue weighted by Gasteiger charge is 2.29. The molecule has 25 heavy (non-hydrogen) atoms. The monoisotopic (exact) mass is 354 g/mol. The molecular weight excluding hydrogens is 337 g/mol. The molecule has 134 valence electrons. The first-order valence-electron chi connectivity index (χ1n) is 7.48. The molecule has 0 fully saturated rings. The Morgan fingerprint density at radius 1 is 1.20 bits per heavy atom. The third-order valence-electron chi connectivity index (χ3n) is 3.10. The Morgan fingerprint density at radius 3 is 2.60 bits per heavy atom. The normalized spacial score (nSPS) is 12.3. The Kier molecular flexibility index (Phi) is 6.21. The minimum atomic E-state index is -4.46. The highest BCUT2D eigenvalue weighted by molar-refractivity contribution is 5.80. The summed E-state index contributed by atoms with van der Waals surface area (Å²) < 4.78 is 46.9. The molecule has 0 aliphatic heterocycles. The second-order valence-corrected chi connectivity index (χ2v) is 5.16. The molecule has 2 rings (SSSR count). The average Bonchev–Trinajstić information content (AvgIpc) is 2.58. The van der Waals surface area contributed by atoms with Gasteiger partial charge in [-0.1, -0.05) is 24.3 Å². The standard InChI is InChI=1S/C17H17F3N2O3/c1-12(25-14-7-3-2-4-8-14)15(23)22-10-13-6-5-9-21-16(13)24-11-17(18,19)20/h2-9,12H,10-11H2,1H3,(H,22,23). The van der Waals surface area contributed by atoms with Gasteiger partial charge >= 0.3 is 6.18 Å². The number of benzene rings is 1. The van der Waals surface area contributed by atoms with E-state index in [0.29, 0.717) is 11.3 Å². The molecule has 0 spiro atoms. The van der Waals surface area contributed by atoms with E-state index in [-0.39, 0.29) is 12.4 Å². The number of carbonyl (C=O) groups is 1. The van der Waals surface area contributed by atoms with Gasteiger partial charge < -0.3 is 14.8 Å². The van der Waals surface area contributed by atoms with E-state index in [1.807, 2.05) is 6.07 Å². The van der Waals surface area contributed by atoms with Crippen LogP contribution in [0.25, 0.3) is 0 Å². The largest absolute Gasteiger partial charge is 0.481 e. The van der Waals surface area contributed by atoms with E-state index < -0.39 is 24.8 Å². The molecule has 0 aliphatic rings. The lowest BCUT2D eigenvalue weighted by Crippen LogP contribution is -2.36. The summed E-state index contributed by atoms with van der Waals surface area (Å²) in [6.45, 7) is 0.105. The number of hydrogen-bond donors (Lipinski definition) is 1. The number of halogens is 3. The van der Waals surface area contributed by atoms with Crippen molar-refractivity contribution in [2.45, 2.75) is 25.7 Å². The van der Waals surface area contributed by atoms with Gasteiger partial charge in [-0.3, -0.25) is 4.79 Å². The van der Waals surface area contributed by atoms with Gasteiger partial charge in [0.05, 0.1) is 0 Å². The van der Waals surface area contributed by atoms with Crippen molar-refractivity contribution in [1.29, 1.82) is 0 Å². The maximum Gasteiger partial charge on any atom is 0.422 e. The van der Waals surface area contributed by atoms with E-state index in [1.165, 1.54) is 12.3 Å². The van der Waals surface area contributed by atoms with Crippen molar-refractivity contribution in [1.82, 2.24) is 10.3 Å². The summed E-state index contributed by atoms with van der Waals surface area (Å²) in [7, 11) is 0. The first kappa shape index (κ1) is 18.6. The molecule has 1 aromatic heterocycles. The zero-order valence-electron chi connectivity index (χ0n) is 13.4. The molecule has 5 nitrogen and oxygen atoms in total. The van der Waals surface area contributed by atoms with Gasteiger partial charge in [-0.2, -0.15) is 13.2 Å². The number of hydrogen-bond acceptors (Lipinski definition) is 4. The Bertz CT molecular complexity index is 693. The number of alkyl halides is 3. The Morgan fingerprint density at radius 2 is 1.92 bits per heavy atom. The molecule has 1 amide bonds. The summed E-state index contributed by atoms with van der Waals surface area (Å²) in [6.07, 6.45) is -3.91. The van der Waals surface area contributed by atoms with Crippen LogP contribution in [0.4, 0.5) is 13.2 Å². The number of rotatable bonds is 7. The zero-order chi connectivity index (χ0) is 18.3. The summed E-state index contributed by atoms with van der Waals surface area (Å²) in [4.78, 5) is 15.8. The zero-order valence-corrected chi connectivity index (χ0v) is 13.4. The van der Waals surface area contributed by atoms with E-state index in [4.69, 9.17) is 4.74 Å². The lowest BCUT2D eigenvalue weighted by atomic mass is 10.2. The molecule has 1 N–H and O–H groups in total. The summed E-state index contributed by atoms with van der Waals surface area (Å²) in [5.41, 5.74) is 0.340. The van der Waals surface area contributed by atoms with Crippen LogP contribution in [0.15, 0.2) is 48.7 Å². The molecule has 1 unspecified atom stereocenters. The summed E-state index contributed by atoms with van der Waals surface area (Å²) in [5, 5.41) is 2.59. The van der Waals surface area contributed by atoms with Gasteiger partial charge in [0.2, 0.25) is 5.88 Å². The van der Waals surface area contributed by atoms with Crippen LogP contribution in [-0.4, -0.2) is 29.8 Å². The minimum Gasteiger partial charge on any atom is -0.481 e. The highest BCUT2D eigenvalue weighted by atomic mass is 19.4. The summed E-state index contributed by atoms with van der Waals surface area (Å²) in [6, 6.07) is 11.9. The number of para-hydroxylation sites is 1. The quantitative estimate of drug-likeness (QED) is 0.830. The predicted octanol–water partition coefficient (Wildman–Crippen LogP) is 3.11. The third kappa shape index (κ3) is 6.33. The fraction of sp³-hybridized carbons (Fsp3) is 0.294. The first-order valence-corrected chi connectivity index (χ1v) is 7.48. The molecule has 2 aromatic rings. The van der Waals surface area contributed by atoms with Gasteiger partial charge in [0.15, 0.2) is 12.7 Å². The van der Waals surface area contributed by atoms with E-state index >= 15 is 0 Å². The number of nitrogens with zero attached hydrogens (tertiary/aromatic N) is 1. The van der Waals surface area contributed by atoms with Crippen molar-refractivity contribution >= 4 is 5.91 Å². The number of pyridine rings is 1. The molecule has 1 aromatic carbocycles. The number of ether oxygens (including phenoxy) is 2. The van der Waals surface area contributed by atoms with E-state index in [1.54, 1.807) is 37.3 Å². The number of amides is 1. The van der Waals surface area contributed by atoms with Gasteiger partial charge in [-0.05, 0) is 25.1 Å². The molecule has 0 aliphatic carbocycles. The van der Waals surface area contributed by atoms with Crippen molar-refractivity contribution in [2.75, 3.05) is 6.61 Å². The van der Waals surface area contributed by atoms with Crippen LogP contribution in [0.3, 0.4) is 0 Å². The number of carbonyl (C=O) groups excluding carboxylic acids is 1. The van der Waals surface area contributed by atoms with Crippen molar-refractivity contribution in [2.24, 2.45) is 0 Å². The fourth-order valence-electron chi connectivity index (χ4n) is 1.92. The van der Waals surface area contributed by atoms with Gasteiger partial charge in [-0.25, -0.2) is 4.98 Å².